The van der Waals surface area contributed by atoms with Gasteiger partial charge in [0.05, 0.1) is 0 Å². The van der Waals surface area contributed by atoms with Crippen molar-refractivity contribution < 1.29 is 0 Å². The van der Waals surface area contributed by atoms with Crippen molar-refractivity contribution in [1.82, 2.24) is 5.32 Å². The van der Waals surface area contributed by atoms with Gasteiger partial charge in [-0.3, -0.25) is 0 Å². The second kappa shape index (κ2) is 3.64. The maximum atomic E-state index is 3.63. The van der Waals surface area contributed by atoms with Gasteiger partial charge in [0, 0.05) is 6.04 Å². The molecule has 1 nitrogen and oxygen atoms in total. The minimum Gasteiger partial charge on any atom is -0.314 e. The summed E-state index contributed by atoms with van der Waals surface area (Å²) < 4.78 is 0. The predicted octanol–water partition coefficient (Wildman–Crippen LogP) is 2.85. The van der Waals surface area contributed by atoms with Crippen molar-refractivity contribution in [3.05, 3.63) is 35.4 Å². The van der Waals surface area contributed by atoms with E-state index in [9.17, 15) is 0 Å². The number of hydrogen-bond donors (Lipinski definition) is 1. The van der Waals surface area contributed by atoms with Gasteiger partial charge < -0.3 is 5.32 Å². The first kappa shape index (κ1) is 9.41. The zero-order valence-corrected chi connectivity index (χ0v) is 9.37. The van der Waals surface area contributed by atoms with Crippen LogP contribution in [0.5, 0.6) is 0 Å². The van der Waals surface area contributed by atoms with Crippen LogP contribution in [0.2, 0.25) is 0 Å². The molecule has 0 spiro atoms. The van der Waals surface area contributed by atoms with E-state index in [2.05, 4.69) is 36.5 Å². The van der Waals surface area contributed by atoms with Crippen molar-refractivity contribution in [2.75, 3.05) is 6.54 Å². The van der Waals surface area contributed by atoms with Crippen LogP contribution in [0.3, 0.4) is 0 Å². The van der Waals surface area contributed by atoms with Crippen LogP contribution in [-0.4, -0.2) is 12.6 Å². The molecule has 0 aromatic heterocycles. The Kier molecular flexibility index (Phi) is 2.28. The molecule has 3 rings (SSSR count). The van der Waals surface area contributed by atoms with E-state index >= 15 is 0 Å². The maximum absolute atomic E-state index is 3.63. The standard InChI is InChI=1S/C14H19N/c1-10-3-2-4-11(7-10)14-8-12(14)9-15-13-5-6-13/h2-4,7,12-15H,5-6,8-9H2,1H3. The molecule has 0 amide bonds. The number of benzene rings is 1. The minimum absolute atomic E-state index is 0.844. The van der Waals surface area contributed by atoms with E-state index in [1.54, 1.807) is 5.56 Å². The van der Waals surface area contributed by atoms with E-state index in [4.69, 9.17) is 0 Å². The molecule has 2 saturated carbocycles. The van der Waals surface area contributed by atoms with Crippen LogP contribution >= 0.6 is 0 Å². The van der Waals surface area contributed by atoms with Crippen molar-refractivity contribution in [3.8, 4) is 0 Å². The van der Waals surface area contributed by atoms with Gasteiger partial charge in [-0.15, -0.1) is 0 Å². The highest BCUT2D eigenvalue weighted by Crippen LogP contribution is 2.47. The van der Waals surface area contributed by atoms with Gasteiger partial charge in [-0.1, -0.05) is 29.8 Å². The summed E-state index contributed by atoms with van der Waals surface area (Å²) >= 11 is 0. The van der Waals surface area contributed by atoms with Crippen LogP contribution in [0, 0.1) is 12.8 Å². The molecule has 0 bridgehead atoms. The van der Waals surface area contributed by atoms with Gasteiger partial charge in [-0.2, -0.15) is 0 Å². The average Bonchev–Trinajstić information content (AvgIpc) is 3.11. The molecule has 1 aromatic carbocycles. The minimum atomic E-state index is 0.844. The summed E-state index contributed by atoms with van der Waals surface area (Å²) in [5.41, 5.74) is 2.95. The second-order valence-electron chi connectivity index (χ2n) is 5.20. The molecule has 2 aliphatic rings. The fourth-order valence-corrected chi connectivity index (χ4v) is 2.39. The SMILES string of the molecule is Cc1cccc(C2CC2CNC2CC2)c1. The van der Waals surface area contributed by atoms with Crippen molar-refractivity contribution >= 4 is 0 Å². The molecule has 2 aliphatic carbocycles. The monoisotopic (exact) mass is 201 g/mol. The van der Waals surface area contributed by atoms with Crippen molar-refractivity contribution in [2.45, 2.75) is 38.1 Å². The molecule has 1 aromatic rings. The number of aryl methyl sites for hydroxylation is 1. The van der Waals surface area contributed by atoms with E-state index < -0.39 is 0 Å². The van der Waals surface area contributed by atoms with E-state index in [0.29, 0.717) is 0 Å². The fraction of sp³-hybridized carbons (Fsp3) is 0.571. The Balaban J connectivity index is 1.56. The first-order valence-electron chi connectivity index (χ1n) is 6.13. The first-order valence-corrected chi connectivity index (χ1v) is 6.13. The Hall–Kier alpha value is -0.820. The molecule has 2 unspecified atom stereocenters. The zero-order valence-electron chi connectivity index (χ0n) is 9.37. The third-order valence-electron chi connectivity index (χ3n) is 3.64. The molecule has 2 atom stereocenters. The lowest BCUT2D eigenvalue weighted by Crippen LogP contribution is -2.19. The number of hydrogen-bond acceptors (Lipinski definition) is 1. The molecule has 1 heteroatoms. The molecule has 0 saturated heterocycles. The van der Waals surface area contributed by atoms with Gasteiger partial charge in [0.1, 0.15) is 0 Å². The molecule has 0 radical (unpaired) electrons. The maximum Gasteiger partial charge on any atom is 0.00683 e. The average molecular weight is 201 g/mol. The summed E-state index contributed by atoms with van der Waals surface area (Å²) in [7, 11) is 0. The van der Waals surface area contributed by atoms with Crippen LogP contribution in [0.15, 0.2) is 24.3 Å². The van der Waals surface area contributed by atoms with E-state index in [1.165, 1.54) is 31.4 Å². The highest BCUT2D eigenvalue weighted by Gasteiger charge is 2.38. The van der Waals surface area contributed by atoms with Gasteiger partial charge in [0.25, 0.3) is 0 Å². The van der Waals surface area contributed by atoms with Crippen LogP contribution in [0.1, 0.15) is 36.3 Å². The van der Waals surface area contributed by atoms with Crippen molar-refractivity contribution in [2.24, 2.45) is 5.92 Å². The highest BCUT2D eigenvalue weighted by molar-refractivity contribution is 5.30. The fourth-order valence-electron chi connectivity index (χ4n) is 2.39. The third kappa shape index (κ3) is 2.23. The molecule has 0 aliphatic heterocycles. The van der Waals surface area contributed by atoms with Crippen molar-refractivity contribution in [3.63, 3.8) is 0 Å². The normalized spacial score (nSPS) is 29.1. The Bertz CT molecular complexity index is 354. The molecule has 15 heavy (non-hydrogen) atoms. The van der Waals surface area contributed by atoms with Gasteiger partial charge in [0.2, 0.25) is 0 Å². The second-order valence-corrected chi connectivity index (χ2v) is 5.20. The summed E-state index contributed by atoms with van der Waals surface area (Å²) in [6, 6.07) is 9.87. The van der Waals surface area contributed by atoms with E-state index in [-0.39, 0.29) is 0 Å². The van der Waals surface area contributed by atoms with E-state index in [1.807, 2.05) is 0 Å². The van der Waals surface area contributed by atoms with Gasteiger partial charge in [0.15, 0.2) is 0 Å². The quantitative estimate of drug-likeness (QED) is 0.790. The lowest BCUT2D eigenvalue weighted by Gasteiger charge is -2.03. The van der Waals surface area contributed by atoms with Gasteiger partial charge in [-0.25, -0.2) is 0 Å². The molecule has 2 fully saturated rings. The topological polar surface area (TPSA) is 12.0 Å². The summed E-state index contributed by atoms with van der Waals surface area (Å²) in [5, 5.41) is 3.63. The lowest BCUT2D eigenvalue weighted by atomic mass is 10.1. The van der Waals surface area contributed by atoms with Gasteiger partial charge in [-0.05, 0) is 50.1 Å². The predicted molar refractivity (Wildman–Crippen MR) is 63.1 cm³/mol. The van der Waals surface area contributed by atoms with Crippen LogP contribution < -0.4 is 5.32 Å². The van der Waals surface area contributed by atoms with Gasteiger partial charge >= 0.3 is 0 Å². The number of rotatable bonds is 4. The smallest absolute Gasteiger partial charge is 0.00683 e. The molecular weight excluding hydrogens is 182 g/mol. The Labute approximate surface area is 91.9 Å². The summed E-state index contributed by atoms with van der Waals surface area (Å²) in [6.07, 6.45) is 4.20. The summed E-state index contributed by atoms with van der Waals surface area (Å²) in [4.78, 5) is 0. The Morgan fingerprint density at radius 1 is 1.33 bits per heavy atom. The highest BCUT2D eigenvalue weighted by atomic mass is 15.0. The lowest BCUT2D eigenvalue weighted by molar-refractivity contribution is 0.624. The molecule has 0 heterocycles. The van der Waals surface area contributed by atoms with Crippen molar-refractivity contribution in [1.29, 1.82) is 0 Å². The van der Waals surface area contributed by atoms with Crippen LogP contribution in [0.25, 0.3) is 0 Å². The third-order valence-corrected chi connectivity index (χ3v) is 3.64. The first-order chi connectivity index (χ1) is 7.33. The zero-order chi connectivity index (χ0) is 10.3. The van der Waals surface area contributed by atoms with Crippen LogP contribution in [0.4, 0.5) is 0 Å². The largest absolute Gasteiger partial charge is 0.314 e. The molecule has 1 N–H and O–H groups in total. The molecular formula is C14H19N. The summed E-state index contributed by atoms with van der Waals surface area (Å²) in [5.74, 6) is 1.75. The summed E-state index contributed by atoms with van der Waals surface area (Å²) in [6.45, 7) is 3.42. The Morgan fingerprint density at radius 3 is 2.93 bits per heavy atom. The Morgan fingerprint density at radius 2 is 2.20 bits per heavy atom. The van der Waals surface area contributed by atoms with Crippen LogP contribution in [-0.2, 0) is 0 Å². The van der Waals surface area contributed by atoms with E-state index in [0.717, 1.165) is 17.9 Å². The molecule has 80 valence electrons. The number of nitrogens with one attached hydrogen (secondary N) is 1.